The average Bonchev–Trinajstić information content (AvgIpc) is 2.80. The van der Waals surface area contributed by atoms with E-state index in [1.54, 1.807) is 24.3 Å². The van der Waals surface area contributed by atoms with Crippen LogP contribution in [0.3, 0.4) is 0 Å². The largest absolute Gasteiger partial charge is 0.435 e. The second-order valence-electron chi connectivity index (χ2n) is 8.04. The van der Waals surface area contributed by atoms with E-state index in [0.29, 0.717) is 21.7 Å². The van der Waals surface area contributed by atoms with Crippen LogP contribution in [0, 0.1) is 20.8 Å². The maximum atomic E-state index is 13.3. The molecule has 4 rings (SSSR count). The number of hydrogen-bond donors (Lipinski definition) is 1. The SMILES string of the molecule is Cc1cc(C)c(NC(=O)CSc2nc3ccccc3c(=O)n2-c2ccc(OC(F)F)cc2)c(C)c1. The monoisotopic (exact) mass is 495 g/mol. The van der Waals surface area contributed by atoms with Crippen LogP contribution in [0.15, 0.2) is 70.6 Å². The van der Waals surface area contributed by atoms with Crippen molar-refractivity contribution in [2.24, 2.45) is 0 Å². The lowest BCUT2D eigenvalue weighted by Crippen LogP contribution is -2.23. The number of alkyl halides is 2. The first-order valence-corrected chi connectivity index (χ1v) is 11.8. The van der Waals surface area contributed by atoms with Gasteiger partial charge >= 0.3 is 6.61 Å². The molecule has 0 bridgehead atoms. The van der Waals surface area contributed by atoms with Crippen LogP contribution >= 0.6 is 11.8 Å². The molecule has 35 heavy (non-hydrogen) atoms. The maximum Gasteiger partial charge on any atom is 0.387 e. The number of benzene rings is 3. The van der Waals surface area contributed by atoms with Crippen molar-refractivity contribution in [1.29, 1.82) is 0 Å². The molecular weight excluding hydrogens is 472 g/mol. The van der Waals surface area contributed by atoms with Crippen LogP contribution in [-0.4, -0.2) is 27.8 Å². The molecule has 3 aromatic carbocycles. The molecule has 4 aromatic rings. The minimum atomic E-state index is -2.95. The van der Waals surface area contributed by atoms with E-state index in [0.717, 1.165) is 34.1 Å². The molecule has 0 saturated heterocycles. The van der Waals surface area contributed by atoms with Gasteiger partial charge in [0.05, 0.1) is 22.3 Å². The summed E-state index contributed by atoms with van der Waals surface area (Å²) in [6, 6.07) is 16.6. The first kappa shape index (κ1) is 24.4. The van der Waals surface area contributed by atoms with Gasteiger partial charge in [0.15, 0.2) is 5.16 Å². The number of nitrogens with zero attached hydrogens (tertiary/aromatic N) is 2. The predicted octanol–water partition coefficient (Wildman–Crippen LogP) is 5.64. The minimum absolute atomic E-state index is 0.0180. The standard InChI is InChI=1S/C26H23F2N3O3S/c1-15-12-16(2)23(17(3)13-15)30-22(32)14-35-26-29-21-7-5-4-6-20(21)24(33)31(26)18-8-10-19(11-9-18)34-25(27)28/h4-13,25H,14H2,1-3H3,(H,30,32). The first-order chi connectivity index (χ1) is 16.7. The highest BCUT2D eigenvalue weighted by atomic mass is 32.2. The van der Waals surface area contributed by atoms with E-state index in [2.05, 4.69) is 15.0 Å². The Hall–Kier alpha value is -3.72. The smallest absolute Gasteiger partial charge is 0.387 e. The Bertz CT molecular complexity index is 1430. The number of carbonyl (C=O) groups is 1. The summed E-state index contributed by atoms with van der Waals surface area (Å²) >= 11 is 1.12. The van der Waals surface area contributed by atoms with Crippen molar-refractivity contribution >= 4 is 34.3 Å². The highest BCUT2D eigenvalue weighted by molar-refractivity contribution is 7.99. The van der Waals surface area contributed by atoms with E-state index in [-0.39, 0.29) is 23.0 Å². The summed E-state index contributed by atoms with van der Waals surface area (Å²) in [5.41, 5.74) is 4.40. The fourth-order valence-corrected chi connectivity index (χ4v) is 4.71. The van der Waals surface area contributed by atoms with Crippen LogP contribution in [0.5, 0.6) is 5.75 Å². The zero-order valence-corrected chi connectivity index (χ0v) is 20.2. The van der Waals surface area contributed by atoms with Gasteiger partial charge in [-0.05, 0) is 68.3 Å². The van der Waals surface area contributed by atoms with Gasteiger partial charge in [0.25, 0.3) is 5.56 Å². The molecule has 0 spiro atoms. The zero-order valence-electron chi connectivity index (χ0n) is 19.3. The molecule has 9 heteroatoms. The molecule has 0 radical (unpaired) electrons. The Morgan fingerprint density at radius 2 is 1.71 bits per heavy atom. The van der Waals surface area contributed by atoms with Gasteiger partial charge in [-0.15, -0.1) is 0 Å². The number of thioether (sulfide) groups is 1. The summed E-state index contributed by atoms with van der Waals surface area (Å²) in [5.74, 6) is -0.243. The Morgan fingerprint density at radius 1 is 1.06 bits per heavy atom. The molecule has 1 amide bonds. The second kappa shape index (κ2) is 10.3. The molecule has 0 unspecified atom stereocenters. The molecule has 1 N–H and O–H groups in total. The zero-order chi connectivity index (χ0) is 25.1. The van der Waals surface area contributed by atoms with Gasteiger partial charge in [0.1, 0.15) is 5.75 Å². The molecule has 0 fully saturated rings. The normalized spacial score (nSPS) is 11.1. The molecule has 0 aliphatic heterocycles. The molecule has 0 aliphatic rings. The second-order valence-corrected chi connectivity index (χ2v) is 8.98. The number of hydrogen-bond acceptors (Lipinski definition) is 5. The first-order valence-electron chi connectivity index (χ1n) is 10.8. The summed E-state index contributed by atoms with van der Waals surface area (Å²) in [4.78, 5) is 30.7. The van der Waals surface area contributed by atoms with E-state index < -0.39 is 6.61 Å². The van der Waals surface area contributed by atoms with E-state index in [4.69, 9.17) is 0 Å². The molecule has 1 aromatic heterocycles. The van der Waals surface area contributed by atoms with Gasteiger partial charge in [-0.25, -0.2) is 4.98 Å². The van der Waals surface area contributed by atoms with E-state index in [9.17, 15) is 18.4 Å². The number of amides is 1. The summed E-state index contributed by atoms with van der Waals surface area (Å²) in [6.07, 6.45) is 0. The topological polar surface area (TPSA) is 73.2 Å². The van der Waals surface area contributed by atoms with Gasteiger partial charge in [-0.1, -0.05) is 41.6 Å². The molecule has 6 nitrogen and oxygen atoms in total. The van der Waals surface area contributed by atoms with Crippen molar-refractivity contribution in [3.05, 3.63) is 87.7 Å². The van der Waals surface area contributed by atoms with Crippen molar-refractivity contribution in [3.63, 3.8) is 0 Å². The lowest BCUT2D eigenvalue weighted by Gasteiger charge is -2.15. The van der Waals surface area contributed by atoms with Crippen LogP contribution in [0.4, 0.5) is 14.5 Å². The van der Waals surface area contributed by atoms with E-state index >= 15 is 0 Å². The number of aromatic nitrogens is 2. The van der Waals surface area contributed by atoms with Crippen LogP contribution < -0.4 is 15.6 Å². The number of halogens is 2. The Balaban J connectivity index is 1.65. The number of aryl methyl sites for hydroxylation is 3. The fourth-order valence-electron chi connectivity index (χ4n) is 3.90. The van der Waals surface area contributed by atoms with Gasteiger partial charge in [-0.3, -0.25) is 14.2 Å². The van der Waals surface area contributed by atoms with Crippen LogP contribution in [0.25, 0.3) is 16.6 Å². The Morgan fingerprint density at radius 3 is 2.37 bits per heavy atom. The molecule has 1 heterocycles. The van der Waals surface area contributed by atoms with Crippen LogP contribution in [0.2, 0.25) is 0 Å². The summed E-state index contributed by atoms with van der Waals surface area (Å²) < 4.78 is 30.8. The molecular formula is C26H23F2N3O3S. The third kappa shape index (κ3) is 5.51. The van der Waals surface area contributed by atoms with Gasteiger partial charge in [0.2, 0.25) is 5.91 Å². The van der Waals surface area contributed by atoms with Crippen molar-refractivity contribution < 1.29 is 18.3 Å². The number of rotatable bonds is 7. The van der Waals surface area contributed by atoms with E-state index in [1.807, 2.05) is 32.9 Å². The minimum Gasteiger partial charge on any atom is -0.435 e. The van der Waals surface area contributed by atoms with Crippen LogP contribution in [0.1, 0.15) is 16.7 Å². The number of carbonyl (C=O) groups excluding carboxylic acids is 1. The van der Waals surface area contributed by atoms with Crippen molar-refractivity contribution in [3.8, 4) is 11.4 Å². The van der Waals surface area contributed by atoms with Gasteiger partial charge < -0.3 is 10.1 Å². The van der Waals surface area contributed by atoms with Crippen LogP contribution in [-0.2, 0) is 4.79 Å². The number of nitrogens with one attached hydrogen (secondary N) is 1. The maximum absolute atomic E-state index is 13.3. The Labute approximate surface area is 205 Å². The fraction of sp³-hybridized carbons (Fsp3) is 0.192. The Kier molecular flexibility index (Phi) is 7.16. The molecule has 180 valence electrons. The number of fused-ring (bicyclic) bond motifs is 1. The lowest BCUT2D eigenvalue weighted by molar-refractivity contribution is -0.113. The highest BCUT2D eigenvalue weighted by Gasteiger charge is 2.16. The summed E-state index contributed by atoms with van der Waals surface area (Å²) in [6.45, 7) is 2.92. The van der Waals surface area contributed by atoms with Gasteiger partial charge in [0, 0.05) is 5.69 Å². The third-order valence-electron chi connectivity index (χ3n) is 5.34. The molecule has 0 saturated carbocycles. The third-order valence-corrected chi connectivity index (χ3v) is 6.28. The highest BCUT2D eigenvalue weighted by Crippen LogP contribution is 2.25. The van der Waals surface area contributed by atoms with Crippen molar-refractivity contribution in [1.82, 2.24) is 9.55 Å². The number of ether oxygens (including phenoxy) is 1. The molecule has 0 aliphatic carbocycles. The number of para-hydroxylation sites is 1. The molecule has 0 atom stereocenters. The predicted molar refractivity (Wildman–Crippen MR) is 134 cm³/mol. The summed E-state index contributed by atoms with van der Waals surface area (Å²) in [7, 11) is 0. The van der Waals surface area contributed by atoms with Crippen molar-refractivity contribution in [2.45, 2.75) is 32.5 Å². The number of anilines is 1. The summed E-state index contributed by atoms with van der Waals surface area (Å²) in [5, 5.41) is 3.66. The average molecular weight is 496 g/mol. The lowest BCUT2D eigenvalue weighted by atomic mass is 10.1. The van der Waals surface area contributed by atoms with E-state index in [1.165, 1.54) is 28.8 Å². The quantitative estimate of drug-likeness (QED) is 0.265. The van der Waals surface area contributed by atoms with Gasteiger partial charge in [-0.2, -0.15) is 8.78 Å². The van der Waals surface area contributed by atoms with Crippen molar-refractivity contribution in [2.75, 3.05) is 11.1 Å².